The Morgan fingerprint density at radius 1 is 0.716 bits per heavy atom. The van der Waals surface area contributed by atoms with Crippen LogP contribution in [-0.4, -0.2) is 223 Å². The number of carbonyl (C=O) groups excluding carboxylic acids is 7. The Bertz CT molecular complexity index is 3090. The maximum Gasteiger partial charge on any atom is 0.338 e. The molecule has 2 bridgehead atoms. The quantitative estimate of drug-likeness (QED) is 0.0412. The second kappa shape index (κ2) is 26.0. The van der Waals surface area contributed by atoms with Crippen LogP contribution < -0.4 is 5.32 Å². The van der Waals surface area contributed by atoms with Gasteiger partial charge in [-0.2, -0.15) is 0 Å². The fourth-order valence-electron chi connectivity index (χ4n) is 13.4. The van der Waals surface area contributed by atoms with Crippen molar-refractivity contribution in [3.8, 4) is 0 Å². The van der Waals surface area contributed by atoms with E-state index >= 15 is 4.79 Å². The number of esters is 5. The van der Waals surface area contributed by atoms with Crippen LogP contribution in [0.2, 0.25) is 0 Å². The third kappa shape index (κ3) is 12.0. The van der Waals surface area contributed by atoms with Gasteiger partial charge in [0, 0.05) is 37.7 Å². The summed E-state index contributed by atoms with van der Waals surface area (Å²) in [6.45, 7) is 4.22. The number of ether oxygens (including phenoxy) is 10. The molecule has 3 saturated heterocycles. The van der Waals surface area contributed by atoms with Crippen molar-refractivity contribution in [1.29, 1.82) is 0 Å². The van der Waals surface area contributed by atoms with Crippen molar-refractivity contribution in [3.63, 3.8) is 0 Å². The van der Waals surface area contributed by atoms with E-state index in [1.165, 1.54) is 64.1 Å². The highest BCUT2D eigenvalue weighted by Crippen LogP contribution is 2.65. The third-order valence-corrected chi connectivity index (χ3v) is 18.0. The lowest BCUT2D eigenvalue weighted by Crippen LogP contribution is -2.82. The molecule has 27 heteroatoms. The molecular weight excluding hydrogens is 1160 g/mol. The molecule has 0 radical (unpaired) electrons. The van der Waals surface area contributed by atoms with Crippen LogP contribution in [-0.2, 0) is 71.3 Å². The highest BCUT2D eigenvalue weighted by Gasteiger charge is 2.79. The van der Waals surface area contributed by atoms with E-state index in [-0.39, 0.29) is 27.8 Å². The summed E-state index contributed by atoms with van der Waals surface area (Å²) >= 11 is 0. The first-order chi connectivity index (χ1) is 41.6. The SMILES string of the molecule is CC(=O)O[C@H]1C(=O)[C@]2(C)[C@@H](OC(=O)COC3O[C@H](CO)[C@@H](O[C@H]4O[C@H](CO)[C@@H](O)[C@H](O)[C@H]4O)[C@H](O)[C@H]3O)C[C@H]3OC[C@@]3(OC(C)=O)[C@H]2[C@H](OC(=O)c2ccccc2)[C@]2(O)C[C@H](OC(=O)[C@H](O)[C@@H](NC(=O)c3ccccc3)c3ccccc3)C(C)=C1C2(C)C. The Labute approximate surface area is 503 Å². The average Bonchev–Trinajstić information content (AvgIpc) is 0.702. The number of carbonyl (C=O) groups is 7. The minimum Gasteiger partial charge on any atom is -0.459 e. The van der Waals surface area contributed by atoms with E-state index in [1.54, 1.807) is 54.6 Å². The number of benzene rings is 3. The first-order valence-electron chi connectivity index (χ1n) is 28.6. The number of aliphatic hydroxyl groups is 9. The minimum atomic E-state index is -2.64. The summed E-state index contributed by atoms with van der Waals surface area (Å²) in [4.78, 5) is 101. The van der Waals surface area contributed by atoms with Crippen molar-refractivity contribution in [2.45, 2.75) is 170 Å². The average molecular weight is 1240 g/mol. The van der Waals surface area contributed by atoms with E-state index in [0.29, 0.717) is 0 Å². The lowest BCUT2D eigenvalue weighted by molar-refractivity contribution is -0.359. The predicted octanol–water partition coefficient (Wildman–Crippen LogP) is -1.07. The molecule has 0 spiro atoms. The monoisotopic (exact) mass is 1240 g/mol. The van der Waals surface area contributed by atoms with E-state index < -0.39 is 213 Å². The number of Topliss-reactive ketones (excluding diaryl/α,β-unsaturated/α-hetero) is 1. The summed E-state index contributed by atoms with van der Waals surface area (Å²) in [6, 6.07) is 22.0. The van der Waals surface area contributed by atoms with Crippen LogP contribution in [0.4, 0.5) is 0 Å². The zero-order valence-electron chi connectivity index (χ0n) is 48.8. The van der Waals surface area contributed by atoms with Crippen LogP contribution >= 0.6 is 0 Å². The molecule has 3 aliphatic carbocycles. The lowest BCUT2D eigenvalue weighted by Gasteiger charge is -2.67. The van der Waals surface area contributed by atoms with E-state index in [0.717, 1.165) is 13.8 Å². The van der Waals surface area contributed by atoms with Crippen LogP contribution in [0.25, 0.3) is 0 Å². The molecule has 9 rings (SSSR count). The molecule has 10 N–H and O–H groups in total. The molecule has 2 saturated carbocycles. The number of aliphatic hydroxyl groups excluding tert-OH is 8. The predicted molar refractivity (Wildman–Crippen MR) is 294 cm³/mol. The fourth-order valence-corrected chi connectivity index (χ4v) is 13.4. The molecule has 27 nitrogen and oxygen atoms in total. The number of hydrogen-bond acceptors (Lipinski definition) is 26. The minimum absolute atomic E-state index is 0.0159. The number of nitrogens with one attached hydrogen (secondary N) is 1. The van der Waals surface area contributed by atoms with Crippen molar-refractivity contribution in [2.75, 3.05) is 26.4 Å². The largest absolute Gasteiger partial charge is 0.459 e. The summed E-state index contributed by atoms with van der Waals surface area (Å²) in [5.41, 5.74) is -8.74. The highest BCUT2D eigenvalue weighted by molar-refractivity contribution is 5.96. The van der Waals surface area contributed by atoms with Crippen LogP contribution in [0.1, 0.15) is 86.7 Å². The molecule has 478 valence electrons. The van der Waals surface area contributed by atoms with Gasteiger partial charge in [0.15, 0.2) is 36.2 Å². The molecule has 3 heterocycles. The standard InChI is InChI=1S/C61H73NO26/c1-28-34(82-55(77)43(69)41(31-16-10-7-11-17-31)62-53(75)32-18-12-8-13-19-32)23-61(78)52(87-54(76)33-20-14-9-15-21-33)50-59(6,51(74)49(81-29(2)65)40(28)58(61,4)5)37(22-38-60(50,27-80-38)88-30(3)66)85-39(67)26-79-56-47(73)45(71)48(36(25-64)84-56)86-57-46(72)44(70)42(68)35(24-63)83-57/h7-21,34-38,41-50,52,56-57,63-64,68-73,78H,22-27H2,1-6H3,(H,62,75)/t34-,35+,36+,37-,38+,41-,42+,43+,44-,45+,46+,47+,48+,49+,50-,52-,56?,57+,59+,60-,61+/m0/s1. The molecule has 3 aliphatic heterocycles. The van der Waals surface area contributed by atoms with Gasteiger partial charge in [0.25, 0.3) is 5.91 Å². The van der Waals surface area contributed by atoms with E-state index in [9.17, 15) is 74.7 Å². The number of rotatable bonds is 18. The fraction of sp³-hybridized carbons (Fsp3) is 0.557. The Balaban J connectivity index is 1.09. The van der Waals surface area contributed by atoms with Gasteiger partial charge in [-0.1, -0.05) is 80.6 Å². The topological polar surface area (TPSA) is 406 Å². The normalized spacial score (nSPS) is 36.5. The zero-order chi connectivity index (χ0) is 63.9. The Morgan fingerprint density at radius 3 is 1.89 bits per heavy atom. The zero-order valence-corrected chi connectivity index (χ0v) is 48.8. The van der Waals surface area contributed by atoms with Gasteiger partial charge >= 0.3 is 29.8 Å². The lowest BCUT2D eigenvalue weighted by atomic mass is 9.44. The molecule has 21 atom stereocenters. The molecular formula is C61H73NO26. The van der Waals surface area contributed by atoms with Gasteiger partial charge in [0.2, 0.25) is 0 Å². The van der Waals surface area contributed by atoms with Crippen LogP contribution in [0.5, 0.6) is 0 Å². The smallest absolute Gasteiger partial charge is 0.338 e. The maximum atomic E-state index is 16.4. The van der Waals surface area contributed by atoms with Gasteiger partial charge in [-0.3, -0.25) is 19.2 Å². The number of amides is 1. The first kappa shape index (κ1) is 65.8. The van der Waals surface area contributed by atoms with Crippen molar-refractivity contribution < 1.29 is 127 Å². The molecule has 3 aromatic rings. The van der Waals surface area contributed by atoms with Gasteiger partial charge < -0.3 is 98.6 Å². The Hall–Kier alpha value is -6.67. The van der Waals surface area contributed by atoms with Gasteiger partial charge in [-0.05, 0) is 54.8 Å². The Morgan fingerprint density at radius 2 is 1.31 bits per heavy atom. The van der Waals surface area contributed by atoms with Crippen LogP contribution in [0.15, 0.2) is 102 Å². The van der Waals surface area contributed by atoms with E-state index in [1.807, 2.05) is 0 Å². The van der Waals surface area contributed by atoms with Crippen molar-refractivity contribution in [1.82, 2.24) is 5.32 Å². The number of hydrogen-bond donors (Lipinski definition) is 10. The summed E-state index contributed by atoms with van der Waals surface area (Å²) in [7, 11) is 0. The molecule has 3 aromatic carbocycles. The molecule has 5 fully saturated rings. The summed E-state index contributed by atoms with van der Waals surface area (Å²) < 4.78 is 59.5. The maximum absolute atomic E-state index is 16.4. The van der Waals surface area contributed by atoms with Gasteiger partial charge in [-0.15, -0.1) is 0 Å². The van der Waals surface area contributed by atoms with Gasteiger partial charge in [0.05, 0.1) is 42.8 Å². The van der Waals surface area contributed by atoms with Crippen LogP contribution in [0.3, 0.4) is 0 Å². The molecule has 6 aliphatic rings. The number of fused-ring (bicyclic) bond motifs is 5. The summed E-state index contributed by atoms with van der Waals surface area (Å²) in [5, 5.41) is 103. The van der Waals surface area contributed by atoms with Crippen LogP contribution in [0, 0.1) is 16.7 Å². The van der Waals surface area contributed by atoms with Gasteiger partial charge in [-0.25, -0.2) is 14.4 Å². The second-order valence-corrected chi connectivity index (χ2v) is 23.6. The molecule has 0 aromatic heterocycles. The van der Waals surface area contributed by atoms with Gasteiger partial charge in [0.1, 0.15) is 85.5 Å². The molecule has 1 unspecified atom stereocenters. The number of ketones is 1. The third-order valence-electron chi connectivity index (χ3n) is 18.0. The molecule has 88 heavy (non-hydrogen) atoms. The summed E-state index contributed by atoms with van der Waals surface area (Å²) in [6.07, 6.45) is -30.7. The first-order valence-corrected chi connectivity index (χ1v) is 28.6. The molecule has 1 amide bonds. The van der Waals surface area contributed by atoms with Crippen molar-refractivity contribution >= 4 is 41.5 Å². The van der Waals surface area contributed by atoms with Crippen molar-refractivity contribution in [2.24, 2.45) is 16.7 Å². The van der Waals surface area contributed by atoms with Crippen molar-refractivity contribution in [3.05, 3.63) is 119 Å². The van der Waals surface area contributed by atoms with E-state index in [4.69, 9.17) is 47.4 Å². The Kier molecular flexibility index (Phi) is 19.5. The second-order valence-electron chi connectivity index (χ2n) is 23.6. The van der Waals surface area contributed by atoms with E-state index in [2.05, 4.69) is 5.32 Å². The summed E-state index contributed by atoms with van der Waals surface area (Å²) in [5.74, 6) is -9.32. The highest BCUT2D eigenvalue weighted by atomic mass is 16.7.